The SMILES string of the molecule is Cc1nc(CCCOC(C)C)c(-c2ccc(OCCc3ccc(F)cc3)cc2)c(N2CCC(C)(C)CC2)c1[C@H](OC(C)(C)C)C(=O)O. The number of carbonyl (C=O) groups is 1. The number of halogens is 1. The second kappa shape index (κ2) is 15.6. The van der Waals surface area contributed by atoms with Crippen LogP contribution in [0.2, 0.25) is 0 Å². The summed E-state index contributed by atoms with van der Waals surface area (Å²) in [7, 11) is 0. The van der Waals surface area contributed by atoms with Gasteiger partial charge >= 0.3 is 5.97 Å². The number of aliphatic carboxylic acids is 1. The standard InChI is InChI=1S/C39H53FN2O5/c1-26(2)45-24-9-10-32-34(29-13-17-31(18-14-29)46-25-19-28-11-15-30(40)16-12-28)35(42-22-20-39(7,8)21-23-42)33(27(3)41-32)36(37(43)44)47-38(4,5)6/h11-18,26,36H,9-10,19-25H2,1-8H3,(H,43,44)/t36-/m0/s1. The molecule has 0 spiro atoms. The summed E-state index contributed by atoms with van der Waals surface area (Å²) < 4.78 is 31.5. The molecule has 0 saturated carbocycles. The number of hydrogen-bond acceptors (Lipinski definition) is 6. The average Bonchev–Trinajstić information content (AvgIpc) is 2.99. The number of benzene rings is 2. The minimum Gasteiger partial charge on any atom is -0.493 e. The van der Waals surface area contributed by atoms with E-state index >= 15 is 0 Å². The lowest BCUT2D eigenvalue weighted by atomic mass is 9.81. The maximum absolute atomic E-state index is 13.3. The van der Waals surface area contributed by atoms with Crippen LogP contribution in [0.15, 0.2) is 48.5 Å². The first-order chi connectivity index (χ1) is 22.1. The van der Waals surface area contributed by atoms with Crippen molar-refractivity contribution >= 4 is 11.7 Å². The Bertz CT molecular complexity index is 1470. The minimum atomic E-state index is -1.18. The Balaban J connectivity index is 1.79. The summed E-state index contributed by atoms with van der Waals surface area (Å²) in [6.45, 7) is 18.9. The van der Waals surface area contributed by atoms with Crippen LogP contribution in [-0.4, -0.2) is 54.1 Å². The largest absolute Gasteiger partial charge is 0.493 e. The predicted octanol–water partition coefficient (Wildman–Crippen LogP) is 8.74. The van der Waals surface area contributed by atoms with Gasteiger partial charge in [-0.25, -0.2) is 9.18 Å². The minimum absolute atomic E-state index is 0.139. The summed E-state index contributed by atoms with van der Waals surface area (Å²) in [6, 6.07) is 14.4. The highest BCUT2D eigenvalue weighted by atomic mass is 19.1. The van der Waals surface area contributed by atoms with Crippen LogP contribution >= 0.6 is 0 Å². The molecule has 1 aliphatic heterocycles. The molecule has 47 heavy (non-hydrogen) atoms. The lowest BCUT2D eigenvalue weighted by Gasteiger charge is -2.41. The van der Waals surface area contributed by atoms with Crippen LogP contribution in [0.3, 0.4) is 0 Å². The number of rotatable bonds is 14. The maximum Gasteiger partial charge on any atom is 0.337 e. The van der Waals surface area contributed by atoms with Crippen LogP contribution < -0.4 is 9.64 Å². The molecule has 0 radical (unpaired) electrons. The van der Waals surface area contributed by atoms with Crippen LogP contribution in [0.4, 0.5) is 10.1 Å². The number of aromatic nitrogens is 1. The van der Waals surface area contributed by atoms with Crippen molar-refractivity contribution in [1.29, 1.82) is 0 Å². The number of piperidine rings is 1. The molecular formula is C39H53FN2O5. The van der Waals surface area contributed by atoms with Gasteiger partial charge in [0.05, 0.1) is 29.7 Å². The summed E-state index contributed by atoms with van der Waals surface area (Å²) in [5.41, 5.74) is 5.52. The fourth-order valence-corrected chi connectivity index (χ4v) is 6.02. The Hall–Kier alpha value is -3.49. The van der Waals surface area contributed by atoms with E-state index in [1.54, 1.807) is 12.1 Å². The summed E-state index contributed by atoms with van der Waals surface area (Å²) in [6.07, 6.45) is 3.07. The van der Waals surface area contributed by atoms with Gasteiger partial charge in [0.15, 0.2) is 6.10 Å². The fraction of sp³-hybridized carbons (Fsp3) is 0.538. The van der Waals surface area contributed by atoms with Gasteiger partial charge in [-0.2, -0.15) is 0 Å². The molecule has 2 heterocycles. The molecule has 0 bridgehead atoms. The lowest BCUT2D eigenvalue weighted by Crippen LogP contribution is -2.39. The molecule has 4 rings (SSSR count). The molecule has 2 aromatic carbocycles. The predicted molar refractivity (Wildman–Crippen MR) is 186 cm³/mol. The summed E-state index contributed by atoms with van der Waals surface area (Å²) >= 11 is 0. The van der Waals surface area contributed by atoms with E-state index in [4.69, 9.17) is 19.2 Å². The molecule has 1 atom stereocenters. The highest BCUT2D eigenvalue weighted by Gasteiger charge is 2.37. The third-order valence-corrected chi connectivity index (χ3v) is 8.59. The zero-order valence-corrected chi connectivity index (χ0v) is 29.5. The van der Waals surface area contributed by atoms with E-state index in [9.17, 15) is 14.3 Å². The number of aryl methyl sites for hydroxylation is 2. The molecule has 1 aliphatic rings. The van der Waals surface area contributed by atoms with E-state index in [1.807, 2.05) is 65.8 Å². The van der Waals surface area contributed by atoms with Crippen LogP contribution in [-0.2, 0) is 27.1 Å². The second-order valence-electron chi connectivity index (χ2n) is 14.7. The number of carboxylic acids is 1. The normalized spacial score (nSPS) is 15.6. The molecule has 8 heteroatoms. The molecule has 1 saturated heterocycles. The first kappa shape index (κ1) is 36.3. The quantitative estimate of drug-likeness (QED) is 0.175. The van der Waals surface area contributed by atoms with Crippen molar-refractivity contribution in [1.82, 2.24) is 4.98 Å². The van der Waals surface area contributed by atoms with Crippen LogP contribution in [0, 0.1) is 18.2 Å². The van der Waals surface area contributed by atoms with Gasteiger partial charge < -0.3 is 24.2 Å². The van der Waals surface area contributed by atoms with Crippen molar-refractivity contribution in [3.8, 4) is 16.9 Å². The summed E-state index contributed by atoms with van der Waals surface area (Å²) in [5.74, 6) is -0.556. The highest BCUT2D eigenvalue weighted by molar-refractivity contribution is 5.88. The topological polar surface area (TPSA) is 81.1 Å². The number of pyridine rings is 1. The van der Waals surface area contributed by atoms with Gasteiger partial charge in [-0.1, -0.05) is 38.1 Å². The zero-order chi connectivity index (χ0) is 34.4. The smallest absolute Gasteiger partial charge is 0.337 e. The molecule has 0 unspecified atom stereocenters. The summed E-state index contributed by atoms with van der Waals surface area (Å²) in [4.78, 5) is 20.4. The van der Waals surface area contributed by atoms with E-state index in [0.29, 0.717) is 37.3 Å². The van der Waals surface area contributed by atoms with Crippen LogP contribution in [0.1, 0.15) is 96.3 Å². The van der Waals surface area contributed by atoms with Gasteiger partial charge in [-0.3, -0.25) is 4.98 Å². The van der Waals surface area contributed by atoms with Crippen LogP contribution in [0.5, 0.6) is 5.75 Å². The Kier molecular flexibility index (Phi) is 12.1. The van der Waals surface area contributed by atoms with Gasteiger partial charge in [0.1, 0.15) is 11.6 Å². The van der Waals surface area contributed by atoms with Gasteiger partial charge in [-0.05, 0) is 108 Å². The third kappa shape index (κ3) is 10.2. The Morgan fingerprint density at radius 3 is 2.21 bits per heavy atom. The van der Waals surface area contributed by atoms with Crippen LogP contribution in [0.25, 0.3) is 11.1 Å². The van der Waals surface area contributed by atoms with Crippen molar-refractivity contribution < 1.29 is 28.5 Å². The summed E-state index contributed by atoms with van der Waals surface area (Å²) in [5, 5.41) is 10.6. The van der Waals surface area contributed by atoms with Crippen molar-refractivity contribution in [3.05, 3.63) is 76.9 Å². The molecule has 1 aromatic heterocycles. The molecular weight excluding hydrogens is 595 g/mol. The number of nitrogens with zero attached hydrogens (tertiary/aromatic N) is 2. The van der Waals surface area contributed by atoms with E-state index in [-0.39, 0.29) is 17.3 Å². The van der Waals surface area contributed by atoms with E-state index < -0.39 is 17.7 Å². The second-order valence-corrected chi connectivity index (χ2v) is 14.7. The molecule has 0 aliphatic carbocycles. The van der Waals surface area contributed by atoms with E-state index in [2.05, 4.69) is 18.7 Å². The first-order valence-corrected chi connectivity index (χ1v) is 16.9. The van der Waals surface area contributed by atoms with Gasteiger partial charge in [-0.15, -0.1) is 0 Å². The monoisotopic (exact) mass is 648 g/mol. The van der Waals surface area contributed by atoms with Crippen molar-refractivity contribution in [3.63, 3.8) is 0 Å². The number of ether oxygens (including phenoxy) is 3. The van der Waals surface area contributed by atoms with Gasteiger partial charge in [0.25, 0.3) is 0 Å². The van der Waals surface area contributed by atoms with Gasteiger partial charge in [0, 0.05) is 42.9 Å². The number of carboxylic acid groups (broad SMARTS) is 1. The Labute approximate surface area is 280 Å². The lowest BCUT2D eigenvalue weighted by molar-refractivity contribution is -0.160. The average molecular weight is 649 g/mol. The van der Waals surface area contributed by atoms with Crippen molar-refractivity contribution in [2.24, 2.45) is 5.41 Å². The molecule has 256 valence electrons. The third-order valence-electron chi connectivity index (χ3n) is 8.59. The molecule has 1 fully saturated rings. The Morgan fingerprint density at radius 2 is 1.64 bits per heavy atom. The first-order valence-electron chi connectivity index (χ1n) is 16.9. The highest BCUT2D eigenvalue weighted by Crippen LogP contribution is 2.45. The van der Waals surface area contributed by atoms with Crippen molar-refractivity contribution in [2.75, 3.05) is 31.2 Å². The molecule has 0 amide bonds. The molecule has 7 nitrogen and oxygen atoms in total. The number of hydrogen-bond donors (Lipinski definition) is 1. The van der Waals surface area contributed by atoms with Gasteiger partial charge in [0.2, 0.25) is 0 Å². The zero-order valence-electron chi connectivity index (χ0n) is 29.5. The number of anilines is 1. The molecule has 3 aromatic rings. The Morgan fingerprint density at radius 1 is 1.00 bits per heavy atom. The van der Waals surface area contributed by atoms with Crippen molar-refractivity contribution in [2.45, 2.75) is 105 Å². The van der Waals surface area contributed by atoms with E-state index in [0.717, 1.165) is 66.2 Å². The van der Waals surface area contributed by atoms with E-state index in [1.165, 1.54) is 12.1 Å². The fourth-order valence-electron chi connectivity index (χ4n) is 6.02. The maximum atomic E-state index is 13.3. The molecule has 1 N–H and O–H groups in total.